The van der Waals surface area contributed by atoms with Crippen molar-refractivity contribution < 1.29 is 9.47 Å². The topological polar surface area (TPSA) is 54.9 Å². The van der Waals surface area contributed by atoms with E-state index in [1.54, 1.807) is 7.11 Å². The van der Waals surface area contributed by atoms with E-state index in [1.165, 1.54) is 25.7 Å². The number of ether oxygens (including phenoxy) is 2. The molecule has 6 heteroatoms. The zero-order chi connectivity index (χ0) is 17.5. The van der Waals surface area contributed by atoms with Crippen LogP contribution in [0, 0.1) is 5.92 Å². The number of guanidine groups is 1. The lowest BCUT2D eigenvalue weighted by atomic mass is 10.1. The summed E-state index contributed by atoms with van der Waals surface area (Å²) in [6.45, 7) is 4.54. The first-order valence-corrected chi connectivity index (χ1v) is 9.65. The normalized spacial score (nSPS) is 17.5. The average molecular weight is 473 g/mol. The average Bonchev–Trinajstić information content (AvgIpc) is 3.32. The number of nitrogens with zero attached hydrogens (tertiary/aromatic N) is 1. The summed E-state index contributed by atoms with van der Waals surface area (Å²) < 4.78 is 11.8. The summed E-state index contributed by atoms with van der Waals surface area (Å²) in [5, 5.41) is 6.76. The second-order valence-corrected chi connectivity index (χ2v) is 6.99. The number of para-hydroxylation sites is 1. The van der Waals surface area contributed by atoms with Crippen LogP contribution < -0.4 is 20.1 Å². The molecule has 0 bridgehead atoms. The molecular formula is C20H32IN3O2. The summed E-state index contributed by atoms with van der Waals surface area (Å²) in [5.74, 6) is 3.36. The number of aliphatic imine (C=N–C) groups is 1. The van der Waals surface area contributed by atoms with Crippen LogP contribution in [0.1, 0.15) is 51.0 Å². The van der Waals surface area contributed by atoms with E-state index in [4.69, 9.17) is 14.5 Å². The minimum atomic E-state index is 0. The Bertz CT molecular complexity index is 584. The molecule has 2 N–H and O–H groups in total. The first-order chi connectivity index (χ1) is 12.3. The molecule has 0 aliphatic heterocycles. The third-order valence-electron chi connectivity index (χ3n) is 4.87. The van der Waals surface area contributed by atoms with Gasteiger partial charge in [-0.2, -0.15) is 0 Å². The third kappa shape index (κ3) is 6.21. The van der Waals surface area contributed by atoms with Crippen LogP contribution in [0.25, 0.3) is 0 Å². The molecule has 1 aromatic carbocycles. The number of hydrogen-bond acceptors (Lipinski definition) is 3. The van der Waals surface area contributed by atoms with E-state index < -0.39 is 0 Å². The lowest BCUT2D eigenvalue weighted by Crippen LogP contribution is -2.38. The fourth-order valence-electron chi connectivity index (χ4n) is 3.22. The molecule has 0 spiro atoms. The summed E-state index contributed by atoms with van der Waals surface area (Å²) in [6, 6.07) is 6.06. The van der Waals surface area contributed by atoms with Crippen LogP contribution >= 0.6 is 24.0 Å². The molecule has 5 nitrogen and oxygen atoms in total. The largest absolute Gasteiger partial charge is 0.493 e. The van der Waals surface area contributed by atoms with Crippen molar-refractivity contribution in [3.63, 3.8) is 0 Å². The molecule has 0 heterocycles. The van der Waals surface area contributed by atoms with Gasteiger partial charge >= 0.3 is 0 Å². The van der Waals surface area contributed by atoms with Gasteiger partial charge in [0.15, 0.2) is 17.5 Å². The molecule has 0 unspecified atom stereocenters. The van der Waals surface area contributed by atoms with Crippen molar-refractivity contribution >= 4 is 29.9 Å². The summed E-state index contributed by atoms with van der Waals surface area (Å²) >= 11 is 0. The number of hydrogen-bond donors (Lipinski definition) is 2. The number of rotatable bonds is 8. The molecule has 2 aliphatic carbocycles. The van der Waals surface area contributed by atoms with Gasteiger partial charge in [-0.3, -0.25) is 0 Å². The van der Waals surface area contributed by atoms with Gasteiger partial charge in [-0.15, -0.1) is 24.0 Å². The van der Waals surface area contributed by atoms with Crippen molar-refractivity contribution in [2.24, 2.45) is 10.9 Å². The number of methoxy groups -OCH3 is 1. The van der Waals surface area contributed by atoms with Gasteiger partial charge in [0.05, 0.1) is 19.8 Å². The maximum atomic E-state index is 6.29. The van der Waals surface area contributed by atoms with Crippen molar-refractivity contribution in [2.45, 2.75) is 58.1 Å². The summed E-state index contributed by atoms with van der Waals surface area (Å²) in [4.78, 5) is 4.75. The van der Waals surface area contributed by atoms with Crippen molar-refractivity contribution in [1.82, 2.24) is 10.6 Å². The summed E-state index contributed by atoms with van der Waals surface area (Å²) in [6.07, 6.45) is 7.74. The maximum absolute atomic E-state index is 6.29. The Morgan fingerprint density at radius 2 is 1.92 bits per heavy atom. The lowest BCUT2D eigenvalue weighted by Gasteiger charge is -2.19. The van der Waals surface area contributed by atoms with Crippen LogP contribution in [0.3, 0.4) is 0 Å². The van der Waals surface area contributed by atoms with Crippen LogP contribution in [0.4, 0.5) is 0 Å². The van der Waals surface area contributed by atoms with Crippen molar-refractivity contribution in [1.29, 1.82) is 0 Å². The Balaban J connectivity index is 0.00000243. The standard InChI is InChI=1S/C20H31N3O2.HI/c1-3-21-20(22-13-15-11-12-15)23-14-16-7-6-10-18(24-2)19(16)25-17-8-4-5-9-17;/h6-7,10,15,17H,3-5,8-9,11-14H2,1-2H3,(H2,21,22,23);1H. The second-order valence-electron chi connectivity index (χ2n) is 6.99. The molecule has 2 fully saturated rings. The molecule has 1 aromatic rings. The Labute approximate surface area is 174 Å². The van der Waals surface area contributed by atoms with Crippen LogP contribution in [-0.4, -0.2) is 32.3 Å². The highest BCUT2D eigenvalue weighted by molar-refractivity contribution is 14.0. The molecule has 2 aliphatic rings. The molecule has 2 saturated carbocycles. The molecule has 146 valence electrons. The van der Waals surface area contributed by atoms with E-state index >= 15 is 0 Å². The zero-order valence-corrected chi connectivity index (χ0v) is 18.3. The Hall–Kier alpha value is -1.18. The molecule has 0 aromatic heterocycles. The van der Waals surface area contributed by atoms with Crippen LogP contribution in [0.5, 0.6) is 11.5 Å². The van der Waals surface area contributed by atoms with E-state index in [0.717, 1.165) is 54.9 Å². The summed E-state index contributed by atoms with van der Waals surface area (Å²) in [5.41, 5.74) is 1.08. The number of halogens is 1. The Morgan fingerprint density at radius 3 is 2.58 bits per heavy atom. The minimum Gasteiger partial charge on any atom is -0.493 e. The smallest absolute Gasteiger partial charge is 0.191 e. The zero-order valence-electron chi connectivity index (χ0n) is 15.9. The second kappa shape index (κ2) is 10.8. The van der Waals surface area contributed by atoms with Crippen molar-refractivity contribution in [2.75, 3.05) is 20.2 Å². The predicted molar refractivity (Wildman–Crippen MR) is 117 cm³/mol. The first-order valence-electron chi connectivity index (χ1n) is 9.65. The quantitative estimate of drug-likeness (QED) is 0.339. The highest BCUT2D eigenvalue weighted by Gasteiger charge is 2.22. The maximum Gasteiger partial charge on any atom is 0.191 e. The van der Waals surface area contributed by atoms with Gasteiger partial charge in [0, 0.05) is 18.7 Å². The lowest BCUT2D eigenvalue weighted by molar-refractivity contribution is 0.198. The fourth-order valence-corrected chi connectivity index (χ4v) is 3.22. The number of nitrogens with one attached hydrogen (secondary N) is 2. The van der Waals surface area contributed by atoms with Crippen molar-refractivity contribution in [3.05, 3.63) is 23.8 Å². The molecule has 0 radical (unpaired) electrons. The van der Waals surface area contributed by atoms with Gasteiger partial charge in [-0.05, 0) is 57.4 Å². The van der Waals surface area contributed by atoms with Crippen molar-refractivity contribution in [3.8, 4) is 11.5 Å². The van der Waals surface area contributed by atoms with E-state index in [9.17, 15) is 0 Å². The van der Waals surface area contributed by atoms with Gasteiger partial charge in [0.1, 0.15) is 0 Å². The fraction of sp³-hybridized carbons (Fsp3) is 0.650. The van der Waals surface area contributed by atoms with Gasteiger partial charge in [-0.1, -0.05) is 12.1 Å². The molecule has 0 amide bonds. The Morgan fingerprint density at radius 1 is 1.15 bits per heavy atom. The van der Waals surface area contributed by atoms with Gasteiger partial charge in [0.25, 0.3) is 0 Å². The minimum absolute atomic E-state index is 0. The molecule has 26 heavy (non-hydrogen) atoms. The predicted octanol–water partition coefficient (Wildman–Crippen LogP) is 4.10. The van der Waals surface area contributed by atoms with E-state index in [2.05, 4.69) is 23.6 Å². The highest BCUT2D eigenvalue weighted by atomic mass is 127. The SMILES string of the molecule is CCNC(=NCc1cccc(OC)c1OC1CCCC1)NCC1CC1.I. The van der Waals surface area contributed by atoms with Gasteiger partial charge in [-0.25, -0.2) is 4.99 Å². The third-order valence-corrected chi connectivity index (χ3v) is 4.87. The van der Waals surface area contributed by atoms with Crippen LogP contribution in [-0.2, 0) is 6.54 Å². The molecule has 3 rings (SSSR count). The monoisotopic (exact) mass is 473 g/mol. The van der Waals surface area contributed by atoms with E-state index in [0.29, 0.717) is 12.6 Å². The van der Waals surface area contributed by atoms with E-state index in [1.807, 2.05) is 12.1 Å². The molecular weight excluding hydrogens is 441 g/mol. The van der Waals surface area contributed by atoms with E-state index in [-0.39, 0.29) is 24.0 Å². The first kappa shape index (κ1) is 21.1. The number of benzene rings is 1. The highest BCUT2D eigenvalue weighted by Crippen LogP contribution is 2.35. The molecule has 0 atom stereocenters. The van der Waals surface area contributed by atoms with Crippen LogP contribution in [0.2, 0.25) is 0 Å². The molecule has 0 saturated heterocycles. The van der Waals surface area contributed by atoms with Crippen LogP contribution in [0.15, 0.2) is 23.2 Å². The Kier molecular flexibility index (Phi) is 8.81. The van der Waals surface area contributed by atoms with Gasteiger partial charge < -0.3 is 20.1 Å². The summed E-state index contributed by atoms with van der Waals surface area (Å²) in [7, 11) is 1.70. The van der Waals surface area contributed by atoms with Gasteiger partial charge in [0.2, 0.25) is 0 Å².